The molecule has 2 aromatic carbocycles. The maximum absolute atomic E-state index is 13.2. The molecule has 2 atom stereocenters. The number of para-hydroxylation sites is 1. The number of nitrogens with zero attached hydrogens (tertiary/aromatic N) is 4. The first kappa shape index (κ1) is 22.3. The van der Waals surface area contributed by atoms with Crippen molar-refractivity contribution in [3.63, 3.8) is 0 Å². The van der Waals surface area contributed by atoms with Gasteiger partial charge < -0.3 is 9.88 Å². The van der Waals surface area contributed by atoms with E-state index >= 15 is 0 Å². The molecular formula is C27H31N5O2. The van der Waals surface area contributed by atoms with Gasteiger partial charge in [0.25, 0.3) is 5.56 Å². The summed E-state index contributed by atoms with van der Waals surface area (Å²) in [4.78, 5) is 28.6. The third-order valence-electron chi connectivity index (χ3n) is 7.03. The van der Waals surface area contributed by atoms with Gasteiger partial charge in [0.15, 0.2) is 0 Å². The van der Waals surface area contributed by atoms with Gasteiger partial charge >= 0.3 is 0 Å². The lowest BCUT2D eigenvalue weighted by molar-refractivity contribution is -0.123. The van der Waals surface area contributed by atoms with Crippen molar-refractivity contribution in [2.45, 2.75) is 32.9 Å². The van der Waals surface area contributed by atoms with Crippen LogP contribution in [-0.4, -0.2) is 44.8 Å². The van der Waals surface area contributed by atoms with Crippen molar-refractivity contribution in [3.8, 4) is 0 Å². The zero-order valence-corrected chi connectivity index (χ0v) is 20.0. The molecule has 3 heterocycles. The van der Waals surface area contributed by atoms with E-state index in [4.69, 9.17) is 0 Å². The summed E-state index contributed by atoms with van der Waals surface area (Å²) in [6.07, 6.45) is 2.78. The van der Waals surface area contributed by atoms with Gasteiger partial charge in [0.1, 0.15) is 11.6 Å². The molecule has 1 fully saturated rings. The summed E-state index contributed by atoms with van der Waals surface area (Å²) in [6, 6.07) is 16.0. The summed E-state index contributed by atoms with van der Waals surface area (Å²) in [7, 11) is 1.64. The van der Waals surface area contributed by atoms with E-state index in [0.717, 1.165) is 42.3 Å². The number of likely N-dealkylation sites (tertiary alicyclic amines) is 1. The van der Waals surface area contributed by atoms with Crippen LogP contribution in [0.5, 0.6) is 0 Å². The highest BCUT2D eigenvalue weighted by Gasteiger charge is 2.26. The van der Waals surface area contributed by atoms with Gasteiger partial charge in [0.2, 0.25) is 5.91 Å². The van der Waals surface area contributed by atoms with Gasteiger partial charge in [-0.3, -0.25) is 14.5 Å². The maximum Gasteiger partial charge on any atom is 0.291 e. The van der Waals surface area contributed by atoms with E-state index in [1.807, 2.05) is 35.8 Å². The summed E-state index contributed by atoms with van der Waals surface area (Å²) in [5.41, 5.74) is 3.79. The van der Waals surface area contributed by atoms with Crippen LogP contribution < -0.4 is 10.9 Å². The van der Waals surface area contributed by atoms with Gasteiger partial charge in [-0.2, -0.15) is 5.10 Å². The summed E-state index contributed by atoms with van der Waals surface area (Å²) in [6.45, 7) is 7.57. The van der Waals surface area contributed by atoms with Crippen molar-refractivity contribution in [2.24, 2.45) is 13.0 Å². The summed E-state index contributed by atoms with van der Waals surface area (Å²) in [5, 5.41) is 9.06. The second kappa shape index (κ2) is 9.06. The molecule has 176 valence electrons. The molecule has 5 rings (SSSR count). The van der Waals surface area contributed by atoms with Crippen LogP contribution in [0.15, 0.2) is 59.5 Å². The standard InChI is InChI=1S/C27H31N5O2/c1-18-8-10-20(11-9-18)16-31-13-12-21(17-31)14-28-26(33)19(2)32-24-7-5-4-6-22(24)23-15-29-30(3)27(34)25(23)32/h4-11,15,19,21H,12-14,16-17H2,1-3H3,(H,28,33)/t19-,21-/m0/s1. The van der Waals surface area contributed by atoms with Crippen LogP contribution in [0.3, 0.4) is 0 Å². The van der Waals surface area contributed by atoms with Crippen LogP contribution >= 0.6 is 0 Å². The molecule has 0 bridgehead atoms. The fourth-order valence-electron chi connectivity index (χ4n) is 5.08. The number of carbonyl (C=O) groups is 1. The average Bonchev–Trinajstić information content (AvgIpc) is 3.43. The normalized spacial score (nSPS) is 17.4. The fraction of sp³-hybridized carbons (Fsp3) is 0.370. The van der Waals surface area contributed by atoms with Gasteiger partial charge in [-0.05, 0) is 44.4 Å². The van der Waals surface area contributed by atoms with Crippen molar-refractivity contribution in [2.75, 3.05) is 19.6 Å². The lowest BCUT2D eigenvalue weighted by Gasteiger charge is -2.19. The lowest BCUT2D eigenvalue weighted by atomic mass is 10.1. The first-order valence-electron chi connectivity index (χ1n) is 11.9. The molecule has 1 saturated heterocycles. The van der Waals surface area contributed by atoms with Crippen molar-refractivity contribution in [1.82, 2.24) is 24.6 Å². The molecule has 7 heteroatoms. The highest BCUT2D eigenvalue weighted by molar-refractivity contribution is 6.08. The number of amides is 1. The first-order chi connectivity index (χ1) is 16.4. The Kier molecular flexibility index (Phi) is 5.96. The summed E-state index contributed by atoms with van der Waals surface area (Å²) in [5.74, 6) is 0.357. The second-order valence-electron chi connectivity index (χ2n) is 9.52. The molecule has 1 aliphatic rings. The molecule has 0 aliphatic carbocycles. The Hall–Kier alpha value is -3.45. The number of carbonyl (C=O) groups excluding carboxylic acids is 1. The van der Waals surface area contributed by atoms with Gasteiger partial charge in [-0.15, -0.1) is 0 Å². The van der Waals surface area contributed by atoms with Crippen LogP contribution in [0.2, 0.25) is 0 Å². The summed E-state index contributed by atoms with van der Waals surface area (Å²) >= 11 is 0. The third kappa shape index (κ3) is 4.12. The Labute approximate surface area is 199 Å². The minimum absolute atomic E-state index is 0.0708. The molecular weight excluding hydrogens is 426 g/mol. The van der Waals surface area contributed by atoms with Gasteiger partial charge in [-0.25, -0.2) is 4.68 Å². The van der Waals surface area contributed by atoms with E-state index in [9.17, 15) is 9.59 Å². The summed E-state index contributed by atoms with van der Waals surface area (Å²) < 4.78 is 3.19. The van der Waals surface area contributed by atoms with E-state index in [1.165, 1.54) is 15.8 Å². The maximum atomic E-state index is 13.2. The van der Waals surface area contributed by atoms with E-state index < -0.39 is 6.04 Å². The minimum Gasteiger partial charge on any atom is -0.354 e. The number of aryl methyl sites for hydroxylation is 2. The number of rotatable bonds is 6. The molecule has 7 nitrogen and oxygen atoms in total. The minimum atomic E-state index is -0.512. The highest BCUT2D eigenvalue weighted by Crippen LogP contribution is 2.29. The van der Waals surface area contributed by atoms with E-state index in [2.05, 4.69) is 46.5 Å². The molecule has 1 N–H and O–H groups in total. The van der Waals surface area contributed by atoms with Crippen molar-refractivity contribution in [1.29, 1.82) is 0 Å². The molecule has 2 aromatic heterocycles. The van der Waals surface area contributed by atoms with Crippen LogP contribution in [0.1, 0.15) is 30.5 Å². The van der Waals surface area contributed by atoms with Crippen molar-refractivity contribution < 1.29 is 4.79 Å². The van der Waals surface area contributed by atoms with Gasteiger partial charge in [-0.1, -0.05) is 48.0 Å². The zero-order valence-electron chi connectivity index (χ0n) is 20.0. The van der Waals surface area contributed by atoms with Gasteiger partial charge in [0, 0.05) is 37.5 Å². The predicted octanol–water partition coefficient (Wildman–Crippen LogP) is 3.40. The van der Waals surface area contributed by atoms with Crippen molar-refractivity contribution in [3.05, 3.63) is 76.2 Å². The smallest absolute Gasteiger partial charge is 0.291 e. The predicted molar refractivity (Wildman–Crippen MR) is 135 cm³/mol. The molecule has 0 unspecified atom stereocenters. The average molecular weight is 458 g/mol. The first-order valence-corrected chi connectivity index (χ1v) is 11.9. The Morgan fingerprint density at radius 2 is 1.91 bits per heavy atom. The fourth-order valence-corrected chi connectivity index (χ4v) is 5.08. The molecule has 0 spiro atoms. The Balaban J connectivity index is 1.29. The largest absolute Gasteiger partial charge is 0.354 e. The number of benzene rings is 2. The van der Waals surface area contributed by atoms with Crippen LogP contribution in [0.25, 0.3) is 21.8 Å². The number of fused-ring (bicyclic) bond motifs is 3. The molecule has 1 amide bonds. The molecule has 4 aromatic rings. The Morgan fingerprint density at radius 3 is 2.71 bits per heavy atom. The van der Waals surface area contributed by atoms with Crippen molar-refractivity contribution >= 4 is 27.7 Å². The highest BCUT2D eigenvalue weighted by atomic mass is 16.2. The van der Waals surface area contributed by atoms with E-state index in [1.54, 1.807) is 13.2 Å². The topological polar surface area (TPSA) is 72.2 Å². The Bertz CT molecular complexity index is 1400. The number of aromatic nitrogens is 3. The van der Waals surface area contributed by atoms with Gasteiger partial charge in [0.05, 0.1) is 11.7 Å². The molecule has 1 aliphatic heterocycles. The lowest BCUT2D eigenvalue weighted by Crippen LogP contribution is -2.36. The number of hydrogen-bond donors (Lipinski definition) is 1. The second-order valence-corrected chi connectivity index (χ2v) is 9.52. The third-order valence-corrected chi connectivity index (χ3v) is 7.03. The Morgan fingerprint density at radius 1 is 1.15 bits per heavy atom. The monoisotopic (exact) mass is 457 g/mol. The van der Waals surface area contributed by atoms with E-state index in [0.29, 0.717) is 18.0 Å². The van der Waals surface area contributed by atoms with E-state index in [-0.39, 0.29) is 11.5 Å². The van der Waals surface area contributed by atoms with Crippen LogP contribution in [0, 0.1) is 12.8 Å². The number of nitrogens with one attached hydrogen (secondary N) is 1. The SMILES string of the molecule is Cc1ccc(CN2CC[C@@H](CNC(=O)[C@H](C)n3c4ccccc4c4cnn(C)c(=O)c43)C2)cc1. The quantitative estimate of drug-likeness (QED) is 0.482. The zero-order chi connectivity index (χ0) is 23.8. The number of hydrogen-bond acceptors (Lipinski definition) is 4. The van der Waals surface area contributed by atoms with Crippen LogP contribution in [-0.2, 0) is 18.4 Å². The molecule has 0 saturated carbocycles. The molecule has 0 radical (unpaired) electrons. The van der Waals surface area contributed by atoms with Crippen LogP contribution in [0.4, 0.5) is 0 Å². The molecule has 34 heavy (non-hydrogen) atoms.